The van der Waals surface area contributed by atoms with Crippen LogP contribution in [0.15, 0.2) is 43.1 Å². The Morgan fingerprint density at radius 2 is 1.96 bits per heavy atom. The van der Waals surface area contributed by atoms with Crippen molar-refractivity contribution in [1.82, 2.24) is 24.8 Å². The molecule has 0 N–H and O–H groups in total. The van der Waals surface area contributed by atoms with Crippen LogP contribution in [-0.2, 0) is 13.0 Å². The zero-order valence-electron chi connectivity index (χ0n) is 15.0. The van der Waals surface area contributed by atoms with Gasteiger partial charge < -0.3 is 4.74 Å². The average molecular weight is 347 g/mol. The topological polar surface area (TPSA) is 64.0 Å². The maximum atomic E-state index is 6.03. The quantitative estimate of drug-likeness (QED) is 0.723. The van der Waals surface area contributed by atoms with E-state index in [0.717, 1.165) is 42.1 Å². The summed E-state index contributed by atoms with van der Waals surface area (Å²) in [7, 11) is 0. The lowest BCUT2D eigenvalue weighted by Crippen LogP contribution is -2.34. The van der Waals surface area contributed by atoms with Crippen LogP contribution >= 0.6 is 0 Å². The van der Waals surface area contributed by atoms with Crippen LogP contribution in [0.5, 0.6) is 5.75 Å². The molecule has 1 aliphatic heterocycles. The van der Waals surface area contributed by atoms with Crippen molar-refractivity contribution < 1.29 is 4.74 Å². The van der Waals surface area contributed by atoms with Crippen LogP contribution in [0.4, 0.5) is 0 Å². The molecule has 0 bridgehead atoms. The molecule has 0 amide bonds. The first-order chi connectivity index (χ1) is 12.7. The summed E-state index contributed by atoms with van der Waals surface area (Å²) in [5.41, 5.74) is 5.54. The first kappa shape index (κ1) is 16.6. The Morgan fingerprint density at radius 1 is 1.12 bits per heavy atom. The maximum Gasteiger partial charge on any atom is 0.162 e. The Hall–Kier alpha value is -2.86. The number of ether oxygens (including phenoxy) is 1. The normalized spacial score (nSPS) is 14.1. The molecule has 3 heterocycles. The summed E-state index contributed by atoms with van der Waals surface area (Å²) < 4.78 is 6.03. The van der Waals surface area contributed by atoms with Gasteiger partial charge in [-0.3, -0.25) is 4.90 Å². The molecule has 6 heteroatoms. The number of aromatic nitrogens is 4. The van der Waals surface area contributed by atoms with Crippen LogP contribution in [0.2, 0.25) is 0 Å². The molecule has 0 saturated heterocycles. The molecule has 2 aromatic heterocycles. The third-order valence-corrected chi connectivity index (χ3v) is 4.79. The highest BCUT2D eigenvalue weighted by atomic mass is 16.5. The Labute approximate surface area is 152 Å². The number of benzene rings is 1. The number of hydrogen-bond acceptors (Lipinski definition) is 6. The van der Waals surface area contributed by atoms with Gasteiger partial charge in [-0.2, -0.15) is 0 Å². The molecule has 6 nitrogen and oxygen atoms in total. The van der Waals surface area contributed by atoms with Gasteiger partial charge in [-0.15, -0.1) is 0 Å². The summed E-state index contributed by atoms with van der Waals surface area (Å²) in [6.45, 7) is 6.48. The number of aryl methyl sites for hydroxylation is 1. The summed E-state index contributed by atoms with van der Waals surface area (Å²) in [6.07, 6.45) is 7.78. The fourth-order valence-electron chi connectivity index (χ4n) is 3.08. The number of nitrogens with zero attached hydrogens (tertiary/aromatic N) is 5. The third-order valence-electron chi connectivity index (χ3n) is 4.79. The minimum absolute atomic E-state index is 0.567. The van der Waals surface area contributed by atoms with E-state index in [1.54, 1.807) is 12.4 Å². The highest BCUT2D eigenvalue weighted by Gasteiger charge is 2.19. The zero-order chi connectivity index (χ0) is 17.9. The van der Waals surface area contributed by atoms with Crippen molar-refractivity contribution in [1.29, 1.82) is 0 Å². The molecule has 3 aromatic rings. The molecule has 0 aliphatic carbocycles. The lowest BCUT2D eigenvalue weighted by Gasteiger charge is -2.28. The summed E-state index contributed by atoms with van der Waals surface area (Å²) in [4.78, 5) is 19.5. The Balaban J connectivity index is 1.44. The van der Waals surface area contributed by atoms with Crippen molar-refractivity contribution >= 4 is 0 Å². The van der Waals surface area contributed by atoms with E-state index in [-0.39, 0.29) is 0 Å². The molecule has 1 aliphatic rings. The van der Waals surface area contributed by atoms with Gasteiger partial charge in [-0.25, -0.2) is 19.9 Å². The number of rotatable bonds is 4. The van der Waals surface area contributed by atoms with Gasteiger partial charge in [0.1, 0.15) is 18.8 Å². The van der Waals surface area contributed by atoms with Gasteiger partial charge in [0, 0.05) is 43.7 Å². The molecule has 26 heavy (non-hydrogen) atoms. The molecule has 0 fully saturated rings. The van der Waals surface area contributed by atoms with Gasteiger partial charge in [0.05, 0.1) is 11.3 Å². The van der Waals surface area contributed by atoms with Crippen LogP contribution < -0.4 is 4.74 Å². The fraction of sp³-hybridized carbons (Fsp3) is 0.300. The summed E-state index contributed by atoms with van der Waals surface area (Å²) in [5.74, 6) is 1.64. The van der Waals surface area contributed by atoms with Crippen LogP contribution in [0.1, 0.15) is 22.4 Å². The van der Waals surface area contributed by atoms with Crippen molar-refractivity contribution in [2.45, 2.75) is 26.8 Å². The largest absolute Gasteiger partial charge is 0.478 e. The van der Waals surface area contributed by atoms with Crippen LogP contribution in [-0.4, -0.2) is 38.1 Å². The second kappa shape index (κ2) is 7.17. The summed E-state index contributed by atoms with van der Waals surface area (Å²) in [5, 5.41) is 0. The highest BCUT2D eigenvalue weighted by molar-refractivity contribution is 5.52. The number of fused-ring (bicyclic) bond motifs is 1. The SMILES string of the molecule is Cc1cccc(OCN2CCc3nc(-c4cncnc4)ncc3C2)c1C. The van der Waals surface area contributed by atoms with E-state index < -0.39 is 0 Å². The molecule has 0 atom stereocenters. The van der Waals surface area contributed by atoms with Crippen LogP contribution in [0.25, 0.3) is 11.4 Å². The van der Waals surface area contributed by atoms with Crippen molar-refractivity contribution in [3.63, 3.8) is 0 Å². The first-order valence-corrected chi connectivity index (χ1v) is 8.72. The van der Waals surface area contributed by atoms with E-state index in [4.69, 9.17) is 9.72 Å². The van der Waals surface area contributed by atoms with Crippen molar-refractivity contribution in [2.24, 2.45) is 0 Å². The predicted octanol–water partition coefficient (Wildman–Crippen LogP) is 2.95. The monoisotopic (exact) mass is 347 g/mol. The number of hydrogen-bond donors (Lipinski definition) is 0. The molecule has 0 saturated carbocycles. The highest BCUT2D eigenvalue weighted by Crippen LogP contribution is 2.23. The van der Waals surface area contributed by atoms with Crippen LogP contribution in [0, 0.1) is 13.8 Å². The molecule has 1 aromatic carbocycles. The van der Waals surface area contributed by atoms with Crippen molar-refractivity contribution in [3.8, 4) is 17.1 Å². The molecule has 0 radical (unpaired) electrons. The average Bonchev–Trinajstić information content (AvgIpc) is 2.69. The van der Waals surface area contributed by atoms with Gasteiger partial charge in [-0.1, -0.05) is 12.1 Å². The van der Waals surface area contributed by atoms with E-state index >= 15 is 0 Å². The lowest BCUT2D eigenvalue weighted by molar-refractivity contribution is 0.112. The van der Waals surface area contributed by atoms with Gasteiger partial charge in [0.25, 0.3) is 0 Å². The minimum atomic E-state index is 0.567. The van der Waals surface area contributed by atoms with E-state index in [2.05, 4.69) is 39.8 Å². The molecule has 0 unspecified atom stereocenters. The Bertz CT molecular complexity index is 913. The van der Waals surface area contributed by atoms with Gasteiger partial charge >= 0.3 is 0 Å². The predicted molar refractivity (Wildman–Crippen MR) is 98.6 cm³/mol. The lowest BCUT2D eigenvalue weighted by atomic mass is 10.1. The van der Waals surface area contributed by atoms with Gasteiger partial charge in [0.15, 0.2) is 5.82 Å². The molecule has 0 spiro atoms. The second-order valence-electron chi connectivity index (χ2n) is 6.57. The Morgan fingerprint density at radius 3 is 2.81 bits per heavy atom. The first-order valence-electron chi connectivity index (χ1n) is 8.72. The molecule has 4 rings (SSSR count). The fourth-order valence-corrected chi connectivity index (χ4v) is 3.08. The van der Waals surface area contributed by atoms with E-state index in [1.165, 1.54) is 17.5 Å². The van der Waals surface area contributed by atoms with E-state index in [1.807, 2.05) is 18.3 Å². The third kappa shape index (κ3) is 3.41. The molecule has 132 valence electrons. The second-order valence-corrected chi connectivity index (χ2v) is 6.57. The van der Waals surface area contributed by atoms with Gasteiger partial charge in [0.2, 0.25) is 0 Å². The van der Waals surface area contributed by atoms with Crippen molar-refractivity contribution in [2.75, 3.05) is 13.3 Å². The maximum absolute atomic E-state index is 6.03. The zero-order valence-corrected chi connectivity index (χ0v) is 15.0. The smallest absolute Gasteiger partial charge is 0.162 e. The van der Waals surface area contributed by atoms with E-state index in [9.17, 15) is 0 Å². The van der Waals surface area contributed by atoms with E-state index in [0.29, 0.717) is 12.6 Å². The summed E-state index contributed by atoms with van der Waals surface area (Å²) >= 11 is 0. The molecular formula is C20H21N5O. The summed E-state index contributed by atoms with van der Waals surface area (Å²) in [6, 6.07) is 6.16. The van der Waals surface area contributed by atoms with Crippen LogP contribution in [0.3, 0.4) is 0 Å². The van der Waals surface area contributed by atoms with Gasteiger partial charge in [-0.05, 0) is 31.0 Å². The van der Waals surface area contributed by atoms with Crippen molar-refractivity contribution in [3.05, 3.63) is 65.5 Å². The standard InChI is InChI=1S/C20H21N5O/c1-14-4-3-5-19(15(14)2)26-13-25-7-6-18-17(11-25)10-23-20(24-18)16-8-21-12-22-9-16/h3-5,8-10,12H,6-7,11,13H2,1-2H3. The molecular weight excluding hydrogens is 326 g/mol. The minimum Gasteiger partial charge on any atom is -0.478 e. The Kier molecular flexibility index (Phi) is 4.58.